The quantitative estimate of drug-likeness (QED) is 0.385. The second kappa shape index (κ2) is 14.8. The minimum Gasteiger partial charge on any atom is -0.394 e. The van der Waals surface area contributed by atoms with Crippen molar-refractivity contribution in [2.75, 3.05) is 59.5 Å². The van der Waals surface area contributed by atoms with Gasteiger partial charge in [0.05, 0.1) is 46.2 Å². The molecule has 2 aliphatic rings. The van der Waals surface area contributed by atoms with E-state index in [4.69, 9.17) is 38.0 Å². The Hall–Kier alpha value is -0.0900. The number of rotatable bonds is 11. The van der Waals surface area contributed by atoms with Gasteiger partial charge >= 0.3 is 7.82 Å². The summed E-state index contributed by atoms with van der Waals surface area (Å²) < 4.78 is 43.1. The highest BCUT2D eigenvalue weighted by molar-refractivity contribution is 7.48. The molecule has 2 unspecified atom stereocenters. The average Bonchev–Trinajstić information content (AvgIpc) is 3.52. The predicted octanol–water partition coefficient (Wildman–Crippen LogP) is 2.00. The molecular formula is C17H37O9P. The Morgan fingerprint density at radius 2 is 1.33 bits per heavy atom. The first-order valence-electron chi connectivity index (χ1n) is 9.26. The summed E-state index contributed by atoms with van der Waals surface area (Å²) in [6.07, 6.45) is 0.0506. The Morgan fingerprint density at radius 1 is 0.926 bits per heavy atom. The summed E-state index contributed by atoms with van der Waals surface area (Å²) in [6, 6.07) is 0. The van der Waals surface area contributed by atoms with Gasteiger partial charge in [-0.15, -0.1) is 0 Å². The van der Waals surface area contributed by atoms with Crippen molar-refractivity contribution in [1.82, 2.24) is 0 Å². The van der Waals surface area contributed by atoms with E-state index in [9.17, 15) is 4.57 Å². The third kappa shape index (κ3) is 19.0. The van der Waals surface area contributed by atoms with E-state index in [1.165, 1.54) is 0 Å². The van der Waals surface area contributed by atoms with Gasteiger partial charge in [0.2, 0.25) is 0 Å². The zero-order valence-corrected chi connectivity index (χ0v) is 18.1. The molecule has 0 aromatic rings. The molecule has 0 aromatic heterocycles. The van der Waals surface area contributed by atoms with E-state index in [1.54, 1.807) is 0 Å². The summed E-state index contributed by atoms with van der Waals surface area (Å²) in [4.78, 5) is 0. The first-order valence-corrected chi connectivity index (χ1v) is 10.7. The number of phosphoric acid groups is 1. The van der Waals surface area contributed by atoms with Crippen LogP contribution in [0, 0.1) is 5.41 Å². The second-order valence-corrected chi connectivity index (χ2v) is 8.68. The van der Waals surface area contributed by atoms with Gasteiger partial charge in [0, 0.05) is 13.2 Å². The summed E-state index contributed by atoms with van der Waals surface area (Å²) in [5, 5.41) is 15.2. The van der Waals surface area contributed by atoms with Gasteiger partial charge < -0.3 is 24.4 Å². The van der Waals surface area contributed by atoms with Crippen LogP contribution in [0.4, 0.5) is 0 Å². The standard InChI is InChI=1S/C11H21O6P.C4H10O.C2H6O2/c1-11(2,3)8-17-18(12,15-6-9-4-13-9)16-7-10-5-14-10;1-3-5-4-2;3-1-2-4/h9-10H,4-8H2,1-3H3;3-4H2,1-2H3;3-4H,1-2H2. The van der Waals surface area contributed by atoms with E-state index in [1.807, 2.05) is 34.6 Å². The van der Waals surface area contributed by atoms with Crippen LogP contribution in [0.15, 0.2) is 0 Å². The zero-order valence-electron chi connectivity index (χ0n) is 17.2. The lowest BCUT2D eigenvalue weighted by Crippen LogP contribution is -2.16. The molecule has 9 nitrogen and oxygen atoms in total. The topological polar surface area (TPSA) is 120 Å². The minimum absolute atomic E-state index is 0.0253. The van der Waals surface area contributed by atoms with Gasteiger partial charge in [-0.3, -0.25) is 13.6 Å². The zero-order chi connectivity index (χ0) is 20.8. The molecule has 10 heteroatoms. The first kappa shape index (κ1) is 26.9. The fourth-order valence-electron chi connectivity index (χ4n) is 1.27. The third-order valence-electron chi connectivity index (χ3n) is 2.81. The Balaban J connectivity index is 0.000000630. The van der Waals surface area contributed by atoms with E-state index < -0.39 is 7.82 Å². The van der Waals surface area contributed by atoms with Gasteiger partial charge in [0.1, 0.15) is 12.2 Å². The maximum absolute atomic E-state index is 12.3. The monoisotopic (exact) mass is 416 g/mol. The Kier molecular flexibility index (Phi) is 14.8. The van der Waals surface area contributed by atoms with Gasteiger partial charge in [0.25, 0.3) is 0 Å². The number of hydrogen-bond acceptors (Lipinski definition) is 9. The van der Waals surface area contributed by atoms with Gasteiger partial charge in [-0.25, -0.2) is 4.57 Å². The normalized spacial score (nSPS) is 22.6. The molecule has 2 saturated heterocycles. The molecule has 2 atom stereocenters. The van der Waals surface area contributed by atoms with Gasteiger partial charge in [-0.05, 0) is 19.3 Å². The molecule has 2 aliphatic heterocycles. The maximum atomic E-state index is 12.3. The van der Waals surface area contributed by atoms with Crippen molar-refractivity contribution >= 4 is 7.82 Å². The van der Waals surface area contributed by atoms with Crippen LogP contribution in [0.5, 0.6) is 0 Å². The summed E-state index contributed by atoms with van der Waals surface area (Å²) in [5.74, 6) is 0. The minimum atomic E-state index is -3.50. The molecule has 164 valence electrons. The molecule has 0 saturated carbocycles. The Labute approximate surface area is 162 Å². The van der Waals surface area contributed by atoms with Crippen LogP contribution in [0.2, 0.25) is 0 Å². The number of aliphatic hydroxyl groups is 2. The summed E-state index contributed by atoms with van der Waals surface area (Å²) in [5.41, 5.74) is -0.103. The van der Waals surface area contributed by atoms with Gasteiger partial charge in [-0.2, -0.15) is 0 Å². The number of hydrogen-bond donors (Lipinski definition) is 2. The summed E-state index contributed by atoms with van der Waals surface area (Å²) in [6.45, 7) is 13.5. The molecule has 0 amide bonds. The van der Waals surface area contributed by atoms with Crippen LogP contribution in [-0.2, 0) is 32.3 Å². The molecule has 2 heterocycles. The number of epoxide rings is 2. The fraction of sp³-hybridized carbons (Fsp3) is 1.00. The molecule has 0 aliphatic carbocycles. The van der Waals surface area contributed by atoms with E-state index in [0.717, 1.165) is 13.2 Å². The molecular weight excluding hydrogens is 379 g/mol. The molecule has 2 N–H and O–H groups in total. The second-order valence-electron chi connectivity index (χ2n) is 7.01. The smallest absolute Gasteiger partial charge is 0.394 e. The lowest BCUT2D eigenvalue weighted by atomic mass is 9.99. The van der Waals surface area contributed by atoms with Gasteiger partial charge in [0.15, 0.2) is 0 Å². The van der Waals surface area contributed by atoms with Gasteiger partial charge in [-0.1, -0.05) is 20.8 Å². The molecule has 2 rings (SSSR count). The van der Waals surface area contributed by atoms with Crippen LogP contribution in [0.25, 0.3) is 0 Å². The summed E-state index contributed by atoms with van der Waals surface area (Å²) in [7, 11) is -3.50. The highest BCUT2D eigenvalue weighted by Gasteiger charge is 2.36. The van der Waals surface area contributed by atoms with Crippen LogP contribution in [-0.4, -0.2) is 81.9 Å². The molecule has 0 radical (unpaired) electrons. The first-order chi connectivity index (χ1) is 12.7. The summed E-state index contributed by atoms with van der Waals surface area (Å²) >= 11 is 0. The largest absolute Gasteiger partial charge is 0.474 e. The van der Waals surface area contributed by atoms with Crippen LogP contribution in [0.3, 0.4) is 0 Å². The van der Waals surface area contributed by atoms with Crippen molar-refractivity contribution in [2.24, 2.45) is 5.41 Å². The van der Waals surface area contributed by atoms with E-state index in [-0.39, 0.29) is 44.1 Å². The third-order valence-corrected chi connectivity index (χ3v) is 4.18. The van der Waals surface area contributed by atoms with Crippen LogP contribution < -0.4 is 0 Å². The number of ether oxygens (including phenoxy) is 3. The molecule has 27 heavy (non-hydrogen) atoms. The SMILES string of the molecule is CC(C)(C)COP(=O)(OCC1CO1)OCC1CO1.CCOCC.OCCO. The van der Waals surface area contributed by atoms with E-state index >= 15 is 0 Å². The van der Waals surface area contributed by atoms with Crippen molar-refractivity contribution in [3.8, 4) is 0 Å². The average molecular weight is 416 g/mol. The molecule has 0 spiro atoms. The molecule has 2 fully saturated rings. The predicted molar refractivity (Wildman–Crippen MR) is 101 cm³/mol. The highest BCUT2D eigenvalue weighted by atomic mass is 31.2. The number of aliphatic hydroxyl groups excluding tert-OH is 2. The van der Waals surface area contributed by atoms with E-state index in [0.29, 0.717) is 19.8 Å². The molecule has 0 bridgehead atoms. The van der Waals surface area contributed by atoms with Crippen molar-refractivity contribution in [3.05, 3.63) is 0 Å². The fourth-order valence-corrected chi connectivity index (χ4v) is 2.73. The Morgan fingerprint density at radius 3 is 1.56 bits per heavy atom. The van der Waals surface area contributed by atoms with Crippen molar-refractivity contribution in [2.45, 2.75) is 46.8 Å². The number of phosphoric ester groups is 1. The van der Waals surface area contributed by atoms with E-state index in [2.05, 4.69) is 0 Å². The van der Waals surface area contributed by atoms with Crippen LogP contribution in [0.1, 0.15) is 34.6 Å². The Bertz CT molecular complexity index is 368. The molecule has 0 aromatic carbocycles. The van der Waals surface area contributed by atoms with Crippen molar-refractivity contribution in [1.29, 1.82) is 0 Å². The lowest BCUT2D eigenvalue weighted by Gasteiger charge is -2.23. The van der Waals surface area contributed by atoms with Crippen LogP contribution >= 0.6 is 7.82 Å². The van der Waals surface area contributed by atoms with Crippen molar-refractivity contribution in [3.63, 3.8) is 0 Å². The lowest BCUT2D eigenvalue weighted by molar-refractivity contribution is 0.0773. The highest BCUT2D eigenvalue weighted by Crippen LogP contribution is 2.51. The van der Waals surface area contributed by atoms with Crippen molar-refractivity contribution < 1.29 is 42.6 Å². The maximum Gasteiger partial charge on any atom is 0.474 e.